The van der Waals surface area contributed by atoms with Crippen LogP contribution in [0.25, 0.3) is 11.1 Å². The molecule has 2 N–H and O–H groups in total. The summed E-state index contributed by atoms with van der Waals surface area (Å²) < 4.78 is 12.4. The van der Waals surface area contributed by atoms with Crippen LogP contribution in [0.4, 0.5) is 5.69 Å². The lowest BCUT2D eigenvalue weighted by molar-refractivity contribution is 0.00578. The molecule has 0 atom stereocenters. The number of anilines is 1. The number of rotatable bonds is 2. The van der Waals surface area contributed by atoms with Gasteiger partial charge >= 0.3 is 7.12 Å². The van der Waals surface area contributed by atoms with E-state index in [-0.39, 0.29) is 16.6 Å². The van der Waals surface area contributed by atoms with Gasteiger partial charge in [0.1, 0.15) is 0 Å². The number of hydrogen-bond acceptors (Lipinski definition) is 3. The fourth-order valence-corrected chi connectivity index (χ4v) is 3.16. The molecule has 0 aromatic heterocycles. The molecule has 0 aliphatic carbocycles. The predicted octanol–water partition coefficient (Wildman–Crippen LogP) is 4.53. The Kier molecular flexibility index (Phi) is 4.49. The summed E-state index contributed by atoms with van der Waals surface area (Å²) in [6.45, 7) is 14.9. The van der Waals surface area contributed by atoms with Gasteiger partial charge in [-0.15, -0.1) is 0 Å². The molecule has 4 heteroatoms. The Labute approximate surface area is 158 Å². The maximum Gasteiger partial charge on any atom is 0.496 e. The second-order valence-corrected chi connectivity index (χ2v) is 9.23. The normalized spacial score (nSPS) is 19.0. The molecule has 0 spiro atoms. The minimum atomic E-state index is -0.453. The van der Waals surface area contributed by atoms with Gasteiger partial charge in [0.15, 0.2) is 0 Å². The van der Waals surface area contributed by atoms with Crippen molar-refractivity contribution in [2.24, 2.45) is 0 Å². The van der Waals surface area contributed by atoms with Gasteiger partial charge in [-0.1, -0.05) is 63.2 Å². The van der Waals surface area contributed by atoms with Crippen molar-refractivity contribution in [1.29, 1.82) is 0 Å². The Balaban J connectivity index is 2.02. The molecule has 2 aromatic carbocycles. The van der Waals surface area contributed by atoms with Crippen molar-refractivity contribution in [3.8, 4) is 11.1 Å². The molecule has 1 aliphatic heterocycles. The van der Waals surface area contributed by atoms with Crippen molar-refractivity contribution in [3.63, 3.8) is 0 Å². The summed E-state index contributed by atoms with van der Waals surface area (Å²) in [5, 5.41) is 0. The zero-order valence-corrected chi connectivity index (χ0v) is 17.0. The topological polar surface area (TPSA) is 44.5 Å². The second kappa shape index (κ2) is 6.14. The molecule has 138 valence electrons. The highest BCUT2D eigenvalue weighted by molar-refractivity contribution is 6.64. The zero-order valence-electron chi connectivity index (χ0n) is 17.0. The second-order valence-electron chi connectivity index (χ2n) is 9.23. The van der Waals surface area contributed by atoms with Crippen LogP contribution < -0.4 is 11.2 Å². The first kappa shape index (κ1) is 19.0. The first-order valence-corrected chi connectivity index (χ1v) is 9.27. The summed E-state index contributed by atoms with van der Waals surface area (Å²) >= 11 is 0. The minimum Gasteiger partial charge on any atom is -0.399 e. The standard InChI is InChI=1S/C22H30BNO2/c1-20(2,3)16-11-8-10-15(14-16)17-12-9-13-18(19(17)24)23-25-21(4,5)22(6,7)26-23/h8-14H,24H2,1-7H3. The smallest absolute Gasteiger partial charge is 0.399 e. The maximum atomic E-state index is 6.57. The summed E-state index contributed by atoms with van der Waals surface area (Å²) in [6, 6.07) is 14.7. The molecule has 3 rings (SSSR count). The van der Waals surface area contributed by atoms with Gasteiger partial charge in [0.25, 0.3) is 0 Å². The number of nitrogen functional groups attached to an aromatic ring is 1. The number of hydrogen-bond donors (Lipinski definition) is 1. The van der Waals surface area contributed by atoms with Crippen molar-refractivity contribution in [2.75, 3.05) is 5.73 Å². The molecule has 0 saturated carbocycles. The SMILES string of the molecule is CC(C)(C)c1cccc(-c2cccc(B3OC(C)(C)C(C)(C)O3)c2N)c1. The fourth-order valence-electron chi connectivity index (χ4n) is 3.16. The molecule has 1 saturated heterocycles. The predicted molar refractivity (Wildman–Crippen MR) is 111 cm³/mol. The minimum absolute atomic E-state index is 0.0914. The van der Waals surface area contributed by atoms with E-state index in [9.17, 15) is 0 Å². The van der Waals surface area contributed by atoms with Gasteiger partial charge in [0.2, 0.25) is 0 Å². The van der Waals surface area contributed by atoms with Crippen LogP contribution in [0, 0.1) is 0 Å². The van der Waals surface area contributed by atoms with E-state index in [2.05, 4.69) is 78.8 Å². The highest BCUT2D eigenvalue weighted by Gasteiger charge is 2.52. The van der Waals surface area contributed by atoms with E-state index < -0.39 is 7.12 Å². The lowest BCUT2D eigenvalue weighted by Gasteiger charge is -2.32. The number of para-hydroxylation sites is 1. The van der Waals surface area contributed by atoms with Crippen LogP contribution in [0.5, 0.6) is 0 Å². The van der Waals surface area contributed by atoms with Gasteiger partial charge in [0, 0.05) is 16.7 Å². The Hall–Kier alpha value is -1.78. The van der Waals surface area contributed by atoms with Crippen LogP contribution in [0.3, 0.4) is 0 Å². The maximum absolute atomic E-state index is 6.57. The first-order valence-electron chi connectivity index (χ1n) is 9.27. The van der Waals surface area contributed by atoms with Crippen LogP contribution >= 0.6 is 0 Å². The molecule has 2 aromatic rings. The van der Waals surface area contributed by atoms with E-state index in [1.807, 2.05) is 12.1 Å². The highest BCUT2D eigenvalue weighted by Crippen LogP contribution is 2.38. The Bertz CT molecular complexity index is 805. The largest absolute Gasteiger partial charge is 0.496 e. The van der Waals surface area contributed by atoms with Gasteiger partial charge < -0.3 is 15.0 Å². The van der Waals surface area contributed by atoms with Crippen LogP contribution in [-0.4, -0.2) is 18.3 Å². The lowest BCUT2D eigenvalue weighted by atomic mass is 9.76. The van der Waals surface area contributed by atoms with E-state index in [0.717, 1.165) is 22.3 Å². The summed E-state index contributed by atoms with van der Waals surface area (Å²) in [7, 11) is -0.453. The van der Waals surface area contributed by atoms with E-state index in [1.165, 1.54) is 5.56 Å². The van der Waals surface area contributed by atoms with Gasteiger partial charge in [-0.2, -0.15) is 0 Å². The average Bonchev–Trinajstić information content (AvgIpc) is 2.74. The Morgan fingerprint density at radius 2 is 1.46 bits per heavy atom. The highest BCUT2D eigenvalue weighted by atomic mass is 16.7. The van der Waals surface area contributed by atoms with Gasteiger partial charge in [0.05, 0.1) is 11.2 Å². The number of nitrogens with two attached hydrogens (primary N) is 1. The van der Waals surface area contributed by atoms with Crippen molar-refractivity contribution in [2.45, 2.75) is 65.1 Å². The summed E-state index contributed by atoms with van der Waals surface area (Å²) in [5.41, 5.74) is 10.9. The molecule has 1 aliphatic rings. The van der Waals surface area contributed by atoms with Gasteiger partial charge in [-0.05, 0) is 44.2 Å². The van der Waals surface area contributed by atoms with E-state index in [1.54, 1.807) is 0 Å². The fraction of sp³-hybridized carbons (Fsp3) is 0.455. The molecule has 0 bridgehead atoms. The molecule has 1 heterocycles. The van der Waals surface area contributed by atoms with Crippen LogP contribution in [0.2, 0.25) is 0 Å². The molecular weight excluding hydrogens is 321 g/mol. The molecule has 3 nitrogen and oxygen atoms in total. The third-order valence-corrected chi connectivity index (χ3v) is 5.69. The lowest BCUT2D eigenvalue weighted by Crippen LogP contribution is -2.41. The van der Waals surface area contributed by atoms with Crippen molar-refractivity contribution < 1.29 is 9.31 Å². The number of benzene rings is 2. The van der Waals surface area contributed by atoms with Crippen molar-refractivity contribution in [3.05, 3.63) is 48.0 Å². The monoisotopic (exact) mass is 351 g/mol. The van der Waals surface area contributed by atoms with Crippen LogP contribution in [0.15, 0.2) is 42.5 Å². The summed E-state index contributed by atoms with van der Waals surface area (Å²) in [4.78, 5) is 0. The van der Waals surface area contributed by atoms with Gasteiger partial charge in [-0.3, -0.25) is 0 Å². The molecule has 0 unspecified atom stereocenters. The zero-order chi connectivity index (χ0) is 19.3. The molecule has 1 fully saturated rings. The van der Waals surface area contributed by atoms with Gasteiger partial charge in [-0.25, -0.2) is 0 Å². The molecular formula is C22H30BNO2. The molecule has 0 radical (unpaired) electrons. The first-order chi connectivity index (χ1) is 11.9. The van der Waals surface area contributed by atoms with Crippen molar-refractivity contribution in [1.82, 2.24) is 0 Å². The third kappa shape index (κ3) is 3.28. The van der Waals surface area contributed by atoms with E-state index in [0.29, 0.717) is 0 Å². The Morgan fingerprint density at radius 3 is 2.04 bits per heavy atom. The molecule has 0 amide bonds. The Morgan fingerprint density at radius 1 is 0.885 bits per heavy atom. The van der Waals surface area contributed by atoms with Crippen LogP contribution in [-0.2, 0) is 14.7 Å². The van der Waals surface area contributed by atoms with E-state index >= 15 is 0 Å². The van der Waals surface area contributed by atoms with Crippen LogP contribution in [0.1, 0.15) is 54.0 Å². The molecule has 26 heavy (non-hydrogen) atoms. The summed E-state index contributed by atoms with van der Waals surface area (Å²) in [6.07, 6.45) is 0. The third-order valence-electron chi connectivity index (χ3n) is 5.69. The quantitative estimate of drug-likeness (QED) is 0.639. The average molecular weight is 351 g/mol. The van der Waals surface area contributed by atoms with Crippen molar-refractivity contribution >= 4 is 18.3 Å². The van der Waals surface area contributed by atoms with E-state index in [4.69, 9.17) is 15.0 Å². The summed E-state index contributed by atoms with van der Waals surface area (Å²) in [5.74, 6) is 0.